The second-order valence-corrected chi connectivity index (χ2v) is 5.45. The summed E-state index contributed by atoms with van der Waals surface area (Å²) in [5.74, 6) is -0.983. The molecule has 1 aromatic heterocycles. The van der Waals surface area contributed by atoms with Crippen molar-refractivity contribution in [2.24, 2.45) is 5.92 Å². The molecule has 0 bridgehead atoms. The van der Waals surface area contributed by atoms with Crippen LogP contribution in [-0.2, 0) is 0 Å². The molecule has 1 N–H and O–H groups in total. The van der Waals surface area contributed by atoms with E-state index in [-0.39, 0.29) is 23.2 Å². The van der Waals surface area contributed by atoms with Crippen LogP contribution in [0.1, 0.15) is 53.5 Å². The lowest BCUT2D eigenvalue weighted by atomic mass is 9.85. The first-order valence-corrected chi connectivity index (χ1v) is 6.98. The molecule has 2 atom stereocenters. The van der Waals surface area contributed by atoms with E-state index in [4.69, 9.17) is 5.11 Å². The average Bonchev–Trinajstić information content (AvgIpc) is 2.46. The Morgan fingerprint density at radius 2 is 2.05 bits per heavy atom. The van der Waals surface area contributed by atoms with E-state index in [1.54, 1.807) is 11.9 Å². The predicted octanol–water partition coefficient (Wildman–Crippen LogP) is 2.43. The van der Waals surface area contributed by atoms with Crippen LogP contribution in [0.3, 0.4) is 0 Å². The highest BCUT2D eigenvalue weighted by Crippen LogP contribution is 2.28. The van der Waals surface area contributed by atoms with Crippen molar-refractivity contribution in [3.63, 3.8) is 0 Å². The molecule has 1 aliphatic carbocycles. The topological polar surface area (TPSA) is 70.5 Å². The Labute approximate surface area is 118 Å². The third-order valence-electron chi connectivity index (χ3n) is 4.12. The predicted molar refractivity (Wildman–Crippen MR) is 74.7 cm³/mol. The van der Waals surface area contributed by atoms with Crippen molar-refractivity contribution in [1.29, 1.82) is 0 Å². The maximum absolute atomic E-state index is 12.5. The molecule has 1 heterocycles. The van der Waals surface area contributed by atoms with Gasteiger partial charge in [0.05, 0.1) is 5.56 Å². The lowest BCUT2D eigenvalue weighted by molar-refractivity contribution is 0.0603. The zero-order chi connectivity index (χ0) is 14.7. The number of carbonyl (C=O) groups excluding carboxylic acids is 1. The van der Waals surface area contributed by atoms with Crippen LogP contribution in [-0.4, -0.2) is 40.0 Å². The van der Waals surface area contributed by atoms with Crippen LogP contribution in [0.4, 0.5) is 0 Å². The van der Waals surface area contributed by atoms with Gasteiger partial charge in [0.25, 0.3) is 5.91 Å². The van der Waals surface area contributed by atoms with Gasteiger partial charge in [0, 0.05) is 19.3 Å². The molecule has 2 unspecified atom stereocenters. The van der Waals surface area contributed by atoms with Crippen LogP contribution in [0.15, 0.2) is 18.3 Å². The number of amides is 1. The number of nitrogens with zero attached hydrogens (tertiary/aromatic N) is 2. The number of hydrogen-bond acceptors (Lipinski definition) is 3. The molecule has 0 aliphatic heterocycles. The molecule has 1 aliphatic rings. The van der Waals surface area contributed by atoms with E-state index in [1.165, 1.54) is 24.8 Å². The molecule has 0 radical (unpaired) electrons. The van der Waals surface area contributed by atoms with Gasteiger partial charge in [0.2, 0.25) is 0 Å². The molecule has 0 spiro atoms. The molecular weight excluding hydrogens is 256 g/mol. The van der Waals surface area contributed by atoms with E-state index in [0.717, 1.165) is 19.3 Å². The van der Waals surface area contributed by atoms with E-state index in [1.807, 2.05) is 0 Å². The van der Waals surface area contributed by atoms with Gasteiger partial charge in [0.1, 0.15) is 5.69 Å². The molecule has 2 rings (SSSR count). The van der Waals surface area contributed by atoms with Gasteiger partial charge in [-0.05, 0) is 30.9 Å². The minimum atomic E-state index is -1.12. The minimum Gasteiger partial charge on any atom is -0.478 e. The standard InChI is InChI=1S/C15H20N2O3/c1-10-6-3-4-8-12(10)17(2)14(18)13-11(15(19)20)7-5-9-16-13/h5,7,9-10,12H,3-4,6,8H2,1-2H3,(H,19,20). The molecule has 0 aromatic carbocycles. The van der Waals surface area contributed by atoms with Crippen molar-refractivity contribution in [2.75, 3.05) is 7.05 Å². The number of hydrogen-bond donors (Lipinski definition) is 1. The Morgan fingerprint density at radius 3 is 2.70 bits per heavy atom. The number of aromatic carboxylic acids is 1. The third-order valence-corrected chi connectivity index (χ3v) is 4.12. The highest BCUT2D eigenvalue weighted by atomic mass is 16.4. The molecule has 0 saturated heterocycles. The largest absolute Gasteiger partial charge is 0.478 e. The van der Waals surface area contributed by atoms with Gasteiger partial charge in [0.15, 0.2) is 0 Å². The van der Waals surface area contributed by atoms with Crippen LogP contribution in [0, 0.1) is 5.92 Å². The van der Waals surface area contributed by atoms with Gasteiger partial charge in [-0.1, -0.05) is 19.8 Å². The maximum Gasteiger partial charge on any atom is 0.338 e. The summed E-state index contributed by atoms with van der Waals surface area (Å²) < 4.78 is 0. The van der Waals surface area contributed by atoms with Crippen LogP contribution in [0.5, 0.6) is 0 Å². The third kappa shape index (κ3) is 2.81. The molecule has 1 amide bonds. The number of aromatic nitrogens is 1. The Balaban J connectivity index is 2.24. The molecular formula is C15H20N2O3. The second-order valence-electron chi connectivity index (χ2n) is 5.45. The summed E-state index contributed by atoms with van der Waals surface area (Å²) in [5, 5.41) is 9.15. The first-order valence-electron chi connectivity index (χ1n) is 6.98. The summed E-state index contributed by atoms with van der Waals surface area (Å²) in [6.07, 6.45) is 5.84. The molecule has 5 heteroatoms. The van der Waals surface area contributed by atoms with Crippen molar-refractivity contribution >= 4 is 11.9 Å². The van der Waals surface area contributed by atoms with Crippen molar-refractivity contribution in [1.82, 2.24) is 9.88 Å². The van der Waals surface area contributed by atoms with Crippen molar-refractivity contribution in [3.8, 4) is 0 Å². The van der Waals surface area contributed by atoms with E-state index < -0.39 is 5.97 Å². The molecule has 108 valence electrons. The fourth-order valence-electron chi connectivity index (χ4n) is 2.94. The van der Waals surface area contributed by atoms with E-state index in [0.29, 0.717) is 5.92 Å². The van der Waals surface area contributed by atoms with E-state index in [9.17, 15) is 9.59 Å². The summed E-state index contributed by atoms with van der Waals surface area (Å²) in [5.41, 5.74) is -0.00640. The molecule has 1 fully saturated rings. The minimum absolute atomic E-state index is 0.0280. The fraction of sp³-hybridized carbons (Fsp3) is 0.533. The summed E-state index contributed by atoms with van der Waals surface area (Å²) in [6, 6.07) is 3.12. The highest BCUT2D eigenvalue weighted by molar-refractivity contribution is 6.03. The monoisotopic (exact) mass is 276 g/mol. The number of carboxylic acids is 1. The maximum atomic E-state index is 12.5. The lowest BCUT2D eigenvalue weighted by Crippen LogP contribution is -2.43. The Kier molecular flexibility index (Phi) is 4.37. The summed E-state index contributed by atoms with van der Waals surface area (Å²) >= 11 is 0. The average molecular weight is 276 g/mol. The van der Waals surface area contributed by atoms with Crippen molar-refractivity contribution in [2.45, 2.75) is 38.6 Å². The van der Waals surface area contributed by atoms with Gasteiger partial charge in [-0.2, -0.15) is 0 Å². The van der Waals surface area contributed by atoms with Gasteiger partial charge in [-0.15, -0.1) is 0 Å². The smallest absolute Gasteiger partial charge is 0.338 e. The summed E-state index contributed by atoms with van der Waals surface area (Å²) in [6.45, 7) is 2.14. The van der Waals surface area contributed by atoms with Gasteiger partial charge < -0.3 is 10.0 Å². The Morgan fingerprint density at radius 1 is 1.35 bits per heavy atom. The van der Waals surface area contributed by atoms with Crippen molar-refractivity contribution in [3.05, 3.63) is 29.6 Å². The molecule has 1 saturated carbocycles. The zero-order valence-electron chi connectivity index (χ0n) is 11.9. The SMILES string of the molecule is CC1CCCCC1N(C)C(=O)c1ncccc1C(=O)O. The molecule has 1 aromatic rings. The van der Waals surface area contributed by atoms with Crippen LogP contribution in [0.2, 0.25) is 0 Å². The van der Waals surface area contributed by atoms with Crippen molar-refractivity contribution < 1.29 is 14.7 Å². The summed E-state index contributed by atoms with van der Waals surface area (Å²) in [7, 11) is 1.75. The van der Waals surface area contributed by atoms with Crippen LogP contribution < -0.4 is 0 Å². The second kappa shape index (κ2) is 6.03. The van der Waals surface area contributed by atoms with E-state index >= 15 is 0 Å². The van der Waals surface area contributed by atoms with Crippen LogP contribution >= 0.6 is 0 Å². The summed E-state index contributed by atoms with van der Waals surface area (Å²) in [4.78, 5) is 29.3. The number of rotatable bonds is 3. The van der Waals surface area contributed by atoms with Crippen LogP contribution in [0.25, 0.3) is 0 Å². The molecule has 20 heavy (non-hydrogen) atoms. The normalized spacial score (nSPS) is 22.3. The Hall–Kier alpha value is -1.91. The number of carboxylic acid groups (broad SMARTS) is 1. The first-order chi connectivity index (χ1) is 9.52. The quantitative estimate of drug-likeness (QED) is 0.920. The van der Waals surface area contributed by atoms with Gasteiger partial charge in [-0.3, -0.25) is 9.78 Å². The fourth-order valence-corrected chi connectivity index (χ4v) is 2.94. The highest BCUT2D eigenvalue weighted by Gasteiger charge is 2.30. The number of pyridine rings is 1. The van der Waals surface area contributed by atoms with E-state index in [2.05, 4.69) is 11.9 Å². The zero-order valence-corrected chi connectivity index (χ0v) is 11.9. The van der Waals surface area contributed by atoms with Gasteiger partial charge >= 0.3 is 5.97 Å². The number of carbonyl (C=O) groups is 2. The first kappa shape index (κ1) is 14.5. The Bertz CT molecular complexity index is 516. The molecule has 5 nitrogen and oxygen atoms in total. The van der Waals surface area contributed by atoms with Gasteiger partial charge in [-0.25, -0.2) is 4.79 Å². The lowest BCUT2D eigenvalue weighted by Gasteiger charge is -2.36.